The highest BCUT2D eigenvalue weighted by Crippen LogP contribution is 2.17. The Morgan fingerprint density at radius 2 is 2.08 bits per heavy atom. The van der Waals surface area contributed by atoms with Crippen molar-refractivity contribution in [3.63, 3.8) is 0 Å². The van der Waals surface area contributed by atoms with Crippen LogP contribution < -0.4 is 10.1 Å². The van der Waals surface area contributed by atoms with Crippen LogP contribution in [0.15, 0.2) is 55.0 Å². The van der Waals surface area contributed by atoms with Gasteiger partial charge in [0.1, 0.15) is 17.4 Å². The molecule has 0 aliphatic heterocycles. The summed E-state index contributed by atoms with van der Waals surface area (Å²) in [6, 6.07) is 11.3. The minimum Gasteiger partial charge on any atom is -0.481 e. The minimum atomic E-state index is -0.563. The molecule has 3 aromatic rings. The second-order valence-corrected chi connectivity index (χ2v) is 6.07. The molecule has 1 atom stereocenters. The number of aromatic nitrogens is 3. The van der Waals surface area contributed by atoms with E-state index in [2.05, 4.69) is 15.3 Å². The average molecular weight is 350 g/mol. The van der Waals surface area contributed by atoms with Gasteiger partial charge in [-0.2, -0.15) is 0 Å². The van der Waals surface area contributed by atoms with Crippen molar-refractivity contribution in [3.05, 3.63) is 66.4 Å². The van der Waals surface area contributed by atoms with Gasteiger partial charge in [0.05, 0.1) is 11.9 Å². The second kappa shape index (κ2) is 7.82. The molecule has 134 valence electrons. The van der Waals surface area contributed by atoms with E-state index in [-0.39, 0.29) is 5.91 Å². The maximum atomic E-state index is 12.5. The van der Waals surface area contributed by atoms with Crippen LogP contribution >= 0.6 is 0 Å². The molecule has 1 amide bonds. The average Bonchev–Trinajstić information content (AvgIpc) is 3.06. The van der Waals surface area contributed by atoms with Crippen molar-refractivity contribution >= 4 is 11.6 Å². The largest absolute Gasteiger partial charge is 0.481 e. The van der Waals surface area contributed by atoms with Crippen molar-refractivity contribution in [1.82, 2.24) is 14.5 Å². The van der Waals surface area contributed by atoms with Gasteiger partial charge in [0.25, 0.3) is 5.91 Å². The van der Waals surface area contributed by atoms with Gasteiger partial charge in [-0.05, 0) is 50.1 Å². The Kier molecular flexibility index (Phi) is 5.31. The molecule has 0 saturated heterocycles. The number of nitrogens with zero attached hydrogens (tertiary/aromatic N) is 3. The molecular weight excluding hydrogens is 328 g/mol. The molecule has 0 aliphatic rings. The summed E-state index contributed by atoms with van der Waals surface area (Å²) in [6.07, 6.45) is 5.21. The molecule has 0 saturated carbocycles. The monoisotopic (exact) mass is 350 g/mol. The molecule has 1 N–H and O–H groups in total. The summed E-state index contributed by atoms with van der Waals surface area (Å²) in [5.74, 6) is 2.10. The van der Waals surface area contributed by atoms with Crippen LogP contribution in [0.3, 0.4) is 0 Å². The zero-order chi connectivity index (χ0) is 18.5. The van der Waals surface area contributed by atoms with Gasteiger partial charge in [0.2, 0.25) is 0 Å². The standard InChI is InChI=1S/C20H22N4O2/c1-4-18(26-17-7-5-6-14(2)12-17)20(25)23-16-8-9-19(22-13-16)24-11-10-21-15(24)3/h5-13,18H,4H2,1-3H3,(H,23,25)/t18-/m1/s1. The molecular formula is C20H22N4O2. The van der Waals surface area contributed by atoms with Crippen molar-refractivity contribution in [2.75, 3.05) is 5.32 Å². The van der Waals surface area contributed by atoms with E-state index >= 15 is 0 Å². The van der Waals surface area contributed by atoms with Gasteiger partial charge < -0.3 is 10.1 Å². The summed E-state index contributed by atoms with van der Waals surface area (Å²) < 4.78 is 7.71. The van der Waals surface area contributed by atoms with E-state index in [1.807, 2.05) is 67.9 Å². The topological polar surface area (TPSA) is 69.0 Å². The molecule has 3 rings (SSSR count). The van der Waals surface area contributed by atoms with E-state index in [9.17, 15) is 4.79 Å². The Bertz CT molecular complexity index is 887. The lowest BCUT2D eigenvalue weighted by molar-refractivity contribution is -0.122. The quantitative estimate of drug-likeness (QED) is 0.736. The SMILES string of the molecule is CC[C@@H](Oc1cccc(C)c1)C(=O)Nc1ccc(-n2ccnc2C)nc1. The highest BCUT2D eigenvalue weighted by Gasteiger charge is 2.18. The van der Waals surface area contributed by atoms with Crippen LogP contribution in [0.1, 0.15) is 24.7 Å². The Labute approximate surface area is 152 Å². The molecule has 0 aliphatic carbocycles. The maximum Gasteiger partial charge on any atom is 0.265 e. The fourth-order valence-corrected chi connectivity index (χ4v) is 2.62. The summed E-state index contributed by atoms with van der Waals surface area (Å²) >= 11 is 0. The minimum absolute atomic E-state index is 0.192. The zero-order valence-electron chi connectivity index (χ0n) is 15.1. The van der Waals surface area contributed by atoms with Gasteiger partial charge in [-0.25, -0.2) is 9.97 Å². The molecule has 2 aromatic heterocycles. The number of pyridine rings is 1. The number of carbonyl (C=O) groups excluding carboxylic acids is 1. The van der Waals surface area contributed by atoms with Crippen molar-refractivity contribution in [3.8, 4) is 11.6 Å². The van der Waals surface area contributed by atoms with E-state index in [4.69, 9.17) is 4.74 Å². The van der Waals surface area contributed by atoms with E-state index in [1.54, 1.807) is 12.4 Å². The van der Waals surface area contributed by atoms with Crippen molar-refractivity contribution < 1.29 is 9.53 Å². The van der Waals surface area contributed by atoms with Crippen LogP contribution in [0.25, 0.3) is 5.82 Å². The first-order valence-corrected chi connectivity index (χ1v) is 8.57. The molecule has 0 spiro atoms. The molecule has 0 bridgehead atoms. The number of nitrogens with one attached hydrogen (secondary N) is 1. The predicted molar refractivity (Wildman–Crippen MR) is 101 cm³/mol. The third kappa shape index (κ3) is 4.08. The Hall–Kier alpha value is -3.15. The Balaban J connectivity index is 1.67. The number of hydrogen-bond donors (Lipinski definition) is 1. The third-order valence-corrected chi connectivity index (χ3v) is 4.02. The lowest BCUT2D eigenvalue weighted by atomic mass is 10.2. The van der Waals surface area contributed by atoms with Crippen molar-refractivity contribution in [1.29, 1.82) is 0 Å². The maximum absolute atomic E-state index is 12.5. The van der Waals surface area contributed by atoms with Gasteiger partial charge in [0, 0.05) is 12.4 Å². The summed E-state index contributed by atoms with van der Waals surface area (Å²) in [7, 11) is 0. The molecule has 1 aromatic carbocycles. The van der Waals surface area contributed by atoms with E-state index in [0.29, 0.717) is 17.9 Å². The van der Waals surface area contributed by atoms with Gasteiger partial charge in [0.15, 0.2) is 6.10 Å². The van der Waals surface area contributed by atoms with Gasteiger partial charge in [-0.15, -0.1) is 0 Å². The number of ether oxygens (including phenoxy) is 1. The Morgan fingerprint density at radius 1 is 1.23 bits per heavy atom. The van der Waals surface area contributed by atoms with Crippen LogP contribution in [0.2, 0.25) is 0 Å². The number of benzene rings is 1. The molecule has 0 radical (unpaired) electrons. The normalized spacial score (nSPS) is 11.8. The number of carbonyl (C=O) groups is 1. The summed E-state index contributed by atoms with van der Waals surface area (Å²) in [6.45, 7) is 5.82. The lowest BCUT2D eigenvalue weighted by Crippen LogP contribution is -2.32. The van der Waals surface area contributed by atoms with Gasteiger partial charge in [-0.1, -0.05) is 19.1 Å². The third-order valence-electron chi connectivity index (χ3n) is 4.02. The van der Waals surface area contributed by atoms with E-state index < -0.39 is 6.10 Å². The fraction of sp³-hybridized carbons (Fsp3) is 0.250. The van der Waals surface area contributed by atoms with Crippen LogP contribution in [-0.4, -0.2) is 26.5 Å². The first kappa shape index (κ1) is 17.7. The van der Waals surface area contributed by atoms with Crippen LogP contribution in [0, 0.1) is 13.8 Å². The van der Waals surface area contributed by atoms with Crippen molar-refractivity contribution in [2.45, 2.75) is 33.3 Å². The molecule has 26 heavy (non-hydrogen) atoms. The molecule has 0 unspecified atom stereocenters. The zero-order valence-corrected chi connectivity index (χ0v) is 15.1. The van der Waals surface area contributed by atoms with Crippen molar-refractivity contribution in [2.24, 2.45) is 0 Å². The number of amides is 1. The summed E-state index contributed by atoms with van der Waals surface area (Å²) in [5, 5.41) is 2.86. The molecule has 2 heterocycles. The fourth-order valence-electron chi connectivity index (χ4n) is 2.62. The van der Waals surface area contributed by atoms with Crippen LogP contribution in [-0.2, 0) is 4.79 Å². The molecule has 0 fully saturated rings. The van der Waals surface area contributed by atoms with Gasteiger partial charge in [-0.3, -0.25) is 9.36 Å². The summed E-state index contributed by atoms with van der Waals surface area (Å²) in [5.41, 5.74) is 1.72. The number of aryl methyl sites for hydroxylation is 2. The first-order chi connectivity index (χ1) is 12.6. The highest BCUT2D eigenvalue weighted by molar-refractivity contribution is 5.94. The smallest absolute Gasteiger partial charge is 0.265 e. The van der Waals surface area contributed by atoms with Crippen LogP contribution in [0.5, 0.6) is 5.75 Å². The van der Waals surface area contributed by atoms with E-state index in [0.717, 1.165) is 17.2 Å². The molecule has 6 heteroatoms. The highest BCUT2D eigenvalue weighted by atomic mass is 16.5. The lowest BCUT2D eigenvalue weighted by Gasteiger charge is -2.17. The number of rotatable bonds is 6. The van der Waals surface area contributed by atoms with Crippen LogP contribution in [0.4, 0.5) is 5.69 Å². The number of anilines is 1. The first-order valence-electron chi connectivity index (χ1n) is 8.57. The molecule has 6 nitrogen and oxygen atoms in total. The number of hydrogen-bond acceptors (Lipinski definition) is 4. The second-order valence-electron chi connectivity index (χ2n) is 6.07. The van der Waals surface area contributed by atoms with Gasteiger partial charge >= 0.3 is 0 Å². The van der Waals surface area contributed by atoms with E-state index in [1.165, 1.54) is 0 Å². The predicted octanol–water partition coefficient (Wildman–Crippen LogP) is 3.68. The Morgan fingerprint density at radius 3 is 2.69 bits per heavy atom. The number of imidazole rings is 1. The summed E-state index contributed by atoms with van der Waals surface area (Å²) in [4.78, 5) is 21.1.